The van der Waals surface area contributed by atoms with Crippen LogP contribution in [0.25, 0.3) is 0 Å². The van der Waals surface area contributed by atoms with E-state index in [4.69, 9.17) is 4.74 Å². The van der Waals surface area contributed by atoms with Crippen molar-refractivity contribution in [2.24, 2.45) is 4.99 Å². The minimum Gasteiger partial charge on any atom is -0.381 e. The summed E-state index contributed by atoms with van der Waals surface area (Å²) in [5.74, 6) is 0.869. The number of thiophene rings is 1. The highest BCUT2D eigenvalue weighted by molar-refractivity contribution is 14.0. The molecule has 0 saturated heterocycles. The van der Waals surface area contributed by atoms with Crippen LogP contribution in [0.5, 0.6) is 0 Å². The molecule has 0 aliphatic rings. The molecule has 138 valence electrons. The van der Waals surface area contributed by atoms with Crippen LogP contribution in [0.3, 0.4) is 0 Å². The molecular weight excluding hydrogens is 445 g/mol. The van der Waals surface area contributed by atoms with E-state index in [-0.39, 0.29) is 24.0 Å². The summed E-state index contributed by atoms with van der Waals surface area (Å²) in [6.07, 6.45) is 1.94. The van der Waals surface area contributed by atoms with Crippen LogP contribution in [0.1, 0.15) is 24.5 Å². The van der Waals surface area contributed by atoms with E-state index in [0.717, 1.165) is 45.1 Å². The normalized spacial score (nSPS) is 11.0. The molecule has 6 heteroatoms. The van der Waals surface area contributed by atoms with Crippen molar-refractivity contribution in [3.63, 3.8) is 0 Å². The van der Waals surface area contributed by atoms with Gasteiger partial charge in [0.15, 0.2) is 5.96 Å². The molecule has 4 nitrogen and oxygen atoms in total. The number of benzene rings is 1. The summed E-state index contributed by atoms with van der Waals surface area (Å²) >= 11 is 1.71. The second kappa shape index (κ2) is 14.1. The first-order chi connectivity index (χ1) is 11.9. The number of halogens is 1. The van der Waals surface area contributed by atoms with E-state index in [1.165, 1.54) is 11.1 Å². The van der Waals surface area contributed by atoms with Gasteiger partial charge in [0.2, 0.25) is 0 Å². The Morgan fingerprint density at radius 2 is 1.92 bits per heavy atom. The maximum absolute atomic E-state index is 5.70. The molecule has 0 aliphatic carbocycles. The molecule has 0 saturated carbocycles. The molecule has 25 heavy (non-hydrogen) atoms. The first-order valence-corrected chi connectivity index (χ1v) is 9.47. The minimum atomic E-state index is 0. The van der Waals surface area contributed by atoms with E-state index >= 15 is 0 Å². The van der Waals surface area contributed by atoms with Gasteiger partial charge in [0.25, 0.3) is 0 Å². The van der Waals surface area contributed by atoms with Crippen molar-refractivity contribution >= 4 is 41.3 Å². The lowest BCUT2D eigenvalue weighted by atomic mass is 10.2. The summed E-state index contributed by atoms with van der Waals surface area (Å²) in [5.41, 5.74) is 2.58. The zero-order valence-corrected chi connectivity index (χ0v) is 17.9. The Morgan fingerprint density at radius 1 is 1.08 bits per heavy atom. The second-order valence-electron chi connectivity index (χ2n) is 5.46. The van der Waals surface area contributed by atoms with Crippen LogP contribution in [0.15, 0.2) is 52.2 Å². The summed E-state index contributed by atoms with van der Waals surface area (Å²) in [6, 6.07) is 12.6. The van der Waals surface area contributed by atoms with Crippen molar-refractivity contribution < 1.29 is 4.74 Å². The van der Waals surface area contributed by atoms with Gasteiger partial charge in [-0.25, -0.2) is 4.99 Å². The number of nitrogens with one attached hydrogen (secondary N) is 2. The third-order valence-electron chi connectivity index (χ3n) is 3.48. The largest absolute Gasteiger partial charge is 0.381 e. The van der Waals surface area contributed by atoms with Gasteiger partial charge in [-0.2, -0.15) is 11.3 Å². The van der Waals surface area contributed by atoms with Gasteiger partial charge in [-0.15, -0.1) is 24.0 Å². The highest BCUT2D eigenvalue weighted by Crippen LogP contribution is 2.06. The van der Waals surface area contributed by atoms with Crippen LogP contribution in [-0.4, -0.2) is 32.3 Å². The van der Waals surface area contributed by atoms with E-state index in [0.29, 0.717) is 6.54 Å². The summed E-state index contributed by atoms with van der Waals surface area (Å²) in [5, 5.41) is 10.8. The molecule has 0 bridgehead atoms. The zero-order valence-electron chi connectivity index (χ0n) is 14.7. The fourth-order valence-corrected chi connectivity index (χ4v) is 2.87. The van der Waals surface area contributed by atoms with Crippen LogP contribution in [0, 0.1) is 0 Å². The number of guanidine groups is 1. The van der Waals surface area contributed by atoms with Gasteiger partial charge in [0.1, 0.15) is 0 Å². The number of ether oxygens (including phenoxy) is 1. The molecule has 0 fully saturated rings. The van der Waals surface area contributed by atoms with Crippen molar-refractivity contribution in [1.29, 1.82) is 0 Å². The lowest BCUT2D eigenvalue weighted by molar-refractivity contribution is 0.135. The number of rotatable bonds is 10. The Hall–Kier alpha value is -1.12. The zero-order chi connectivity index (χ0) is 16.9. The van der Waals surface area contributed by atoms with E-state index in [1.807, 2.05) is 6.07 Å². The van der Waals surface area contributed by atoms with Crippen molar-refractivity contribution in [3.05, 3.63) is 58.3 Å². The van der Waals surface area contributed by atoms with Crippen LogP contribution in [0.4, 0.5) is 0 Å². The molecule has 0 spiro atoms. The van der Waals surface area contributed by atoms with Crippen molar-refractivity contribution in [1.82, 2.24) is 10.6 Å². The van der Waals surface area contributed by atoms with Crippen LogP contribution >= 0.6 is 35.3 Å². The SMILES string of the molecule is CCNC(=NCc1ccsc1)NCCCOCCc1ccccc1.I. The van der Waals surface area contributed by atoms with E-state index in [1.54, 1.807) is 11.3 Å². The van der Waals surface area contributed by atoms with Crippen LogP contribution in [-0.2, 0) is 17.7 Å². The molecule has 0 amide bonds. The quantitative estimate of drug-likeness (QED) is 0.237. The number of nitrogens with zero attached hydrogens (tertiary/aromatic N) is 1. The fraction of sp³-hybridized carbons (Fsp3) is 0.421. The molecular formula is C19H28IN3OS. The predicted molar refractivity (Wildman–Crippen MR) is 118 cm³/mol. The molecule has 1 heterocycles. The lowest BCUT2D eigenvalue weighted by Gasteiger charge is -2.11. The van der Waals surface area contributed by atoms with Crippen molar-refractivity contribution in [3.8, 4) is 0 Å². The molecule has 0 unspecified atom stereocenters. The number of hydrogen-bond acceptors (Lipinski definition) is 3. The summed E-state index contributed by atoms with van der Waals surface area (Å²) < 4.78 is 5.70. The Bertz CT molecular complexity index is 576. The molecule has 0 atom stereocenters. The summed E-state index contributed by atoms with van der Waals surface area (Å²) in [4.78, 5) is 4.59. The van der Waals surface area contributed by atoms with Crippen LogP contribution in [0.2, 0.25) is 0 Å². The summed E-state index contributed by atoms with van der Waals surface area (Å²) in [7, 11) is 0. The second-order valence-corrected chi connectivity index (χ2v) is 6.24. The van der Waals surface area contributed by atoms with E-state index in [2.05, 4.69) is 63.6 Å². The molecule has 1 aromatic carbocycles. The maximum atomic E-state index is 5.70. The van der Waals surface area contributed by atoms with Gasteiger partial charge in [0.05, 0.1) is 13.2 Å². The number of aliphatic imine (C=N–C) groups is 1. The topological polar surface area (TPSA) is 45.7 Å². The van der Waals surface area contributed by atoms with Gasteiger partial charge in [-0.05, 0) is 47.7 Å². The first kappa shape index (κ1) is 21.9. The highest BCUT2D eigenvalue weighted by Gasteiger charge is 1.98. The standard InChI is InChI=1S/C19H27N3OS.HI/c1-2-20-19(22-15-18-10-14-24-16-18)21-11-6-12-23-13-9-17-7-4-3-5-8-17;/h3-5,7-8,10,14,16H,2,6,9,11-13,15H2,1H3,(H2,20,21,22);1H. The van der Waals surface area contributed by atoms with Gasteiger partial charge in [-0.1, -0.05) is 30.3 Å². The van der Waals surface area contributed by atoms with Gasteiger partial charge in [-0.3, -0.25) is 0 Å². The molecule has 2 N–H and O–H groups in total. The Morgan fingerprint density at radius 3 is 2.64 bits per heavy atom. The molecule has 2 aromatic rings. The third-order valence-corrected chi connectivity index (χ3v) is 4.21. The smallest absolute Gasteiger partial charge is 0.191 e. The first-order valence-electron chi connectivity index (χ1n) is 8.53. The highest BCUT2D eigenvalue weighted by atomic mass is 127. The lowest BCUT2D eigenvalue weighted by Crippen LogP contribution is -2.38. The average molecular weight is 473 g/mol. The number of hydrogen-bond donors (Lipinski definition) is 2. The third kappa shape index (κ3) is 9.81. The monoisotopic (exact) mass is 473 g/mol. The van der Waals surface area contributed by atoms with Gasteiger partial charge < -0.3 is 15.4 Å². The molecule has 0 aliphatic heterocycles. The predicted octanol–water partition coefficient (Wildman–Crippen LogP) is 4.07. The molecule has 2 rings (SSSR count). The van der Waals surface area contributed by atoms with Crippen LogP contribution < -0.4 is 10.6 Å². The molecule has 0 radical (unpaired) electrons. The van der Waals surface area contributed by atoms with Crippen molar-refractivity contribution in [2.75, 3.05) is 26.3 Å². The Labute approximate surface area is 172 Å². The average Bonchev–Trinajstić information content (AvgIpc) is 3.13. The van der Waals surface area contributed by atoms with Gasteiger partial charge in [0, 0.05) is 19.7 Å². The van der Waals surface area contributed by atoms with E-state index in [9.17, 15) is 0 Å². The van der Waals surface area contributed by atoms with Gasteiger partial charge >= 0.3 is 0 Å². The minimum absolute atomic E-state index is 0. The maximum Gasteiger partial charge on any atom is 0.191 e. The van der Waals surface area contributed by atoms with E-state index < -0.39 is 0 Å². The Kier molecular flexibility index (Phi) is 12.4. The molecule has 1 aromatic heterocycles. The fourth-order valence-electron chi connectivity index (χ4n) is 2.21. The van der Waals surface area contributed by atoms with Crippen molar-refractivity contribution in [2.45, 2.75) is 26.3 Å². The summed E-state index contributed by atoms with van der Waals surface area (Å²) in [6.45, 7) is 6.06. The Balaban J connectivity index is 0.00000312.